The van der Waals surface area contributed by atoms with Crippen molar-refractivity contribution in [3.05, 3.63) is 84.1 Å². The number of amides is 3. The van der Waals surface area contributed by atoms with E-state index < -0.39 is 41.7 Å². The molecule has 0 aromatic heterocycles. The van der Waals surface area contributed by atoms with Crippen LogP contribution in [0.2, 0.25) is 0 Å². The van der Waals surface area contributed by atoms with Crippen molar-refractivity contribution in [2.75, 3.05) is 17.0 Å². The van der Waals surface area contributed by atoms with Crippen LogP contribution in [-0.2, 0) is 19.2 Å². The zero-order valence-electron chi connectivity index (χ0n) is 21.3. The fourth-order valence-corrected chi connectivity index (χ4v) is 6.13. The van der Waals surface area contributed by atoms with Crippen molar-refractivity contribution in [2.45, 2.75) is 19.0 Å². The molecule has 0 saturated carbocycles. The van der Waals surface area contributed by atoms with E-state index in [1.807, 2.05) is 35.2 Å². The van der Waals surface area contributed by atoms with Gasteiger partial charge in [0, 0.05) is 24.9 Å². The zero-order chi connectivity index (χ0) is 27.5. The van der Waals surface area contributed by atoms with E-state index in [9.17, 15) is 19.2 Å². The molecular weight excluding hydrogens is 514 g/mol. The highest BCUT2D eigenvalue weighted by Crippen LogP contribution is 2.53. The number of carbonyl (C=O) groups excluding carboxylic acids is 4. The molecule has 3 aromatic carbocycles. The molecule has 10 heteroatoms. The van der Waals surface area contributed by atoms with Crippen LogP contribution in [0, 0.1) is 11.8 Å². The minimum atomic E-state index is -0.938. The molecule has 3 amide bonds. The lowest BCUT2D eigenvalue weighted by Crippen LogP contribution is -2.46. The molecule has 3 aromatic rings. The van der Waals surface area contributed by atoms with Gasteiger partial charge < -0.3 is 24.4 Å². The van der Waals surface area contributed by atoms with Gasteiger partial charge in [0.25, 0.3) is 0 Å². The monoisotopic (exact) mass is 537 g/mol. The van der Waals surface area contributed by atoms with Gasteiger partial charge in [0.15, 0.2) is 11.5 Å². The molecule has 0 aliphatic carbocycles. The third-order valence-electron chi connectivity index (χ3n) is 7.73. The second-order valence-electron chi connectivity index (χ2n) is 9.99. The van der Waals surface area contributed by atoms with Crippen molar-refractivity contribution in [3.8, 4) is 17.2 Å². The lowest BCUT2D eigenvalue weighted by molar-refractivity contribution is -0.132. The van der Waals surface area contributed by atoms with Gasteiger partial charge >= 0.3 is 5.97 Å². The first-order valence-corrected chi connectivity index (χ1v) is 12.8. The number of hydrogen-bond acceptors (Lipinski definition) is 8. The third kappa shape index (κ3) is 3.64. The van der Waals surface area contributed by atoms with Gasteiger partial charge in [-0.2, -0.15) is 0 Å². The lowest BCUT2D eigenvalue weighted by atomic mass is 9.84. The largest absolute Gasteiger partial charge is 0.454 e. The van der Waals surface area contributed by atoms with Crippen LogP contribution in [0.15, 0.2) is 72.9 Å². The third-order valence-corrected chi connectivity index (χ3v) is 7.73. The van der Waals surface area contributed by atoms with Crippen molar-refractivity contribution < 1.29 is 33.4 Å². The van der Waals surface area contributed by atoms with Gasteiger partial charge in [-0.3, -0.25) is 19.2 Å². The van der Waals surface area contributed by atoms with Gasteiger partial charge in [-0.15, -0.1) is 0 Å². The maximum atomic E-state index is 14.0. The van der Waals surface area contributed by atoms with E-state index in [2.05, 4.69) is 5.32 Å². The van der Waals surface area contributed by atoms with Crippen molar-refractivity contribution in [1.29, 1.82) is 0 Å². The summed E-state index contributed by atoms with van der Waals surface area (Å²) in [6.45, 7) is 1.40. The predicted molar refractivity (Wildman–Crippen MR) is 142 cm³/mol. The molecule has 10 nitrogen and oxygen atoms in total. The molecule has 0 spiro atoms. The topological polar surface area (TPSA) is 114 Å². The molecule has 4 aliphatic rings. The zero-order valence-corrected chi connectivity index (χ0v) is 21.3. The number of imide groups is 1. The van der Waals surface area contributed by atoms with Crippen LogP contribution in [0.25, 0.3) is 6.08 Å². The van der Waals surface area contributed by atoms with E-state index in [1.54, 1.807) is 36.5 Å². The van der Waals surface area contributed by atoms with E-state index in [4.69, 9.17) is 14.2 Å². The lowest BCUT2D eigenvalue weighted by Gasteiger charge is -2.35. The molecule has 4 atom stereocenters. The first-order valence-electron chi connectivity index (χ1n) is 12.8. The summed E-state index contributed by atoms with van der Waals surface area (Å²) in [6, 6.07) is 17.5. The smallest absolute Gasteiger partial charge is 0.308 e. The SMILES string of the molecule is CC(=O)Oc1ccc(N2C(=O)[C@@H]3[C@H](C2=O)[C@@H]2c4ccccc4C=CN2[C@@H]3C(=O)Nc2ccc3c(c2)OCO3)cc1. The Kier molecular flexibility index (Phi) is 5.38. The highest BCUT2D eigenvalue weighted by atomic mass is 16.7. The summed E-state index contributed by atoms with van der Waals surface area (Å²) in [5.41, 5.74) is 2.65. The second-order valence-corrected chi connectivity index (χ2v) is 9.99. The molecule has 4 aliphatic heterocycles. The molecule has 2 saturated heterocycles. The summed E-state index contributed by atoms with van der Waals surface area (Å²) in [6.07, 6.45) is 3.70. The van der Waals surface area contributed by atoms with Gasteiger partial charge in [-0.25, -0.2) is 4.90 Å². The maximum absolute atomic E-state index is 14.0. The van der Waals surface area contributed by atoms with Crippen LogP contribution in [0.4, 0.5) is 11.4 Å². The number of benzene rings is 3. The number of anilines is 2. The molecule has 200 valence electrons. The van der Waals surface area contributed by atoms with Gasteiger partial charge in [0.05, 0.1) is 23.6 Å². The van der Waals surface area contributed by atoms with Crippen LogP contribution < -0.4 is 24.4 Å². The van der Waals surface area contributed by atoms with E-state index >= 15 is 0 Å². The summed E-state index contributed by atoms with van der Waals surface area (Å²) in [7, 11) is 0. The maximum Gasteiger partial charge on any atom is 0.308 e. The highest BCUT2D eigenvalue weighted by Gasteiger charge is 2.64. The van der Waals surface area contributed by atoms with Crippen molar-refractivity contribution >= 4 is 41.1 Å². The minimum Gasteiger partial charge on any atom is -0.454 e. The van der Waals surface area contributed by atoms with Crippen molar-refractivity contribution in [1.82, 2.24) is 4.90 Å². The molecule has 0 radical (unpaired) electrons. The highest BCUT2D eigenvalue weighted by molar-refractivity contribution is 6.24. The normalized spacial score (nSPS) is 23.5. The van der Waals surface area contributed by atoms with E-state index in [0.29, 0.717) is 28.6 Å². The van der Waals surface area contributed by atoms with Gasteiger partial charge in [-0.1, -0.05) is 24.3 Å². The summed E-state index contributed by atoms with van der Waals surface area (Å²) < 4.78 is 15.9. The van der Waals surface area contributed by atoms with Crippen molar-refractivity contribution in [3.63, 3.8) is 0 Å². The Balaban J connectivity index is 1.26. The summed E-state index contributed by atoms with van der Waals surface area (Å²) in [5, 5.41) is 2.92. The standard InChI is InChI=1S/C30H23N3O7/c1-16(34)40-20-9-7-19(8-10-20)33-29(36)24-25(30(33)37)27(32-13-12-17-4-2-3-5-21(17)26(24)32)28(35)31-18-6-11-22-23(14-18)39-15-38-22/h2-14,24-27H,15H2,1H3,(H,31,35)/t24-,25+,26-,27-/m0/s1. The number of carbonyl (C=O) groups is 4. The Hall–Kier alpha value is -5.12. The second kappa shape index (κ2) is 8.98. The molecule has 1 N–H and O–H groups in total. The molecule has 40 heavy (non-hydrogen) atoms. The number of fused-ring (bicyclic) bond motifs is 6. The number of nitrogens with zero attached hydrogens (tertiary/aromatic N) is 2. The molecule has 0 bridgehead atoms. The van der Waals surface area contributed by atoms with Gasteiger partial charge in [0.2, 0.25) is 24.5 Å². The van der Waals surface area contributed by atoms with Crippen LogP contribution in [0.3, 0.4) is 0 Å². The van der Waals surface area contributed by atoms with Gasteiger partial charge in [-0.05, 0) is 53.6 Å². The van der Waals surface area contributed by atoms with E-state index in [0.717, 1.165) is 16.0 Å². The molecule has 4 heterocycles. The average molecular weight is 538 g/mol. The Bertz CT molecular complexity index is 1620. The Labute approximate surface area is 228 Å². The molecule has 0 unspecified atom stereocenters. The first-order chi connectivity index (χ1) is 19.4. The average Bonchev–Trinajstić information content (AvgIpc) is 3.62. The fraction of sp³-hybridized carbons (Fsp3) is 0.200. The van der Waals surface area contributed by atoms with Crippen molar-refractivity contribution in [2.24, 2.45) is 11.8 Å². The first kappa shape index (κ1) is 24.0. The summed E-state index contributed by atoms with van der Waals surface area (Å²) in [4.78, 5) is 56.1. The Morgan fingerprint density at radius 2 is 1.68 bits per heavy atom. The predicted octanol–water partition coefficient (Wildman–Crippen LogP) is 3.49. The number of esters is 1. The number of rotatable bonds is 4. The fourth-order valence-electron chi connectivity index (χ4n) is 6.13. The summed E-state index contributed by atoms with van der Waals surface area (Å²) >= 11 is 0. The van der Waals surface area contributed by atoms with E-state index in [1.165, 1.54) is 19.1 Å². The number of nitrogens with one attached hydrogen (secondary N) is 1. The number of ether oxygens (including phenoxy) is 3. The molecule has 7 rings (SSSR count). The minimum absolute atomic E-state index is 0.104. The molecule has 2 fully saturated rings. The quantitative estimate of drug-likeness (QED) is 0.306. The Morgan fingerprint density at radius 3 is 2.48 bits per heavy atom. The van der Waals surface area contributed by atoms with Crippen LogP contribution >= 0.6 is 0 Å². The van der Waals surface area contributed by atoms with Crippen LogP contribution in [0.5, 0.6) is 17.2 Å². The number of hydrogen-bond donors (Lipinski definition) is 1. The van der Waals surface area contributed by atoms with Gasteiger partial charge in [0.1, 0.15) is 11.8 Å². The van der Waals surface area contributed by atoms with E-state index in [-0.39, 0.29) is 12.7 Å². The van der Waals surface area contributed by atoms with Crippen LogP contribution in [0.1, 0.15) is 24.1 Å². The Morgan fingerprint density at radius 1 is 0.925 bits per heavy atom. The summed E-state index contributed by atoms with van der Waals surface area (Å²) in [5.74, 6) is -2.02. The molecular formula is C30H23N3O7. The van der Waals surface area contributed by atoms with Crippen LogP contribution in [-0.4, -0.2) is 41.4 Å².